The van der Waals surface area contributed by atoms with E-state index in [1.54, 1.807) is 27.4 Å². The van der Waals surface area contributed by atoms with Crippen LogP contribution in [0.4, 0.5) is 0 Å². The molecule has 32 heavy (non-hydrogen) atoms. The average Bonchev–Trinajstić information content (AvgIpc) is 3.21. The predicted molar refractivity (Wildman–Crippen MR) is 118 cm³/mol. The molecule has 0 spiro atoms. The smallest absolute Gasteiger partial charge is 0.277 e. The van der Waals surface area contributed by atoms with E-state index < -0.39 is 0 Å². The maximum Gasteiger partial charge on any atom is 0.277 e. The second-order valence-electron chi connectivity index (χ2n) is 7.60. The zero-order chi connectivity index (χ0) is 22.8. The third-order valence-electron chi connectivity index (χ3n) is 5.97. The Kier molecular flexibility index (Phi) is 6.27. The minimum Gasteiger partial charge on any atom is -0.493 e. The number of nitrogens with zero attached hydrogens (tertiary/aromatic N) is 3. The largest absolute Gasteiger partial charge is 0.493 e. The summed E-state index contributed by atoms with van der Waals surface area (Å²) < 4.78 is 23.9. The first kappa shape index (κ1) is 22.0. The Hall–Kier alpha value is -3.20. The van der Waals surface area contributed by atoms with Crippen LogP contribution in [0.5, 0.6) is 17.2 Å². The molecule has 2 aliphatic rings. The van der Waals surface area contributed by atoms with Crippen molar-refractivity contribution in [2.75, 3.05) is 54.2 Å². The summed E-state index contributed by atoms with van der Waals surface area (Å²) in [5, 5.41) is 0.776. The van der Waals surface area contributed by atoms with Crippen LogP contribution in [-0.2, 0) is 16.1 Å². The highest BCUT2D eigenvalue weighted by molar-refractivity contribution is 6.11. The highest BCUT2D eigenvalue weighted by Crippen LogP contribution is 2.44. The lowest BCUT2D eigenvalue weighted by Crippen LogP contribution is -2.47. The molecule has 1 aromatic heterocycles. The molecule has 4 rings (SSSR count). The molecule has 0 unspecified atom stereocenters. The Labute approximate surface area is 187 Å². The fourth-order valence-electron chi connectivity index (χ4n) is 4.46. The van der Waals surface area contributed by atoms with Crippen LogP contribution < -0.4 is 14.2 Å². The normalized spacial score (nSPS) is 16.9. The number of carbonyl (C=O) groups excluding carboxylic acids is 2. The second kappa shape index (κ2) is 9.12. The Morgan fingerprint density at radius 2 is 1.75 bits per heavy atom. The molecular weight excluding hydrogens is 414 g/mol. The number of amides is 2. The Balaban J connectivity index is 1.75. The monoisotopic (exact) mass is 443 g/mol. The molecule has 172 valence electrons. The number of imide groups is 1. The van der Waals surface area contributed by atoms with Crippen LogP contribution >= 0.6 is 0 Å². The number of methoxy groups -OCH3 is 3. The van der Waals surface area contributed by atoms with Gasteiger partial charge >= 0.3 is 0 Å². The summed E-state index contributed by atoms with van der Waals surface area (Å²) in [4.78, 5) is 30.2. The highest BCUT2D eigenvalue weighted by atomic mass is 16.5. The van der Waals surface area contributed by atoms with E-state index in [4.69, 9.17) is 18.9 Å². The number of rotatable bonds is 6. The van der Waals surface area contributed by atoms with Crippen LogP contribution in [0.2, 0.25) is 0 Å². The van der Waals surface area contributed by atoms with Gasteiger partial charge in [-0.3, -0.25) is 14.5 Å². The zero-order valence-electron chi connectivity index (χ0n) is 19.0. The first-order chi connectivity index (χ1) is 15.5. The van der Waals surface area contributed by atoms with Gasteiger partial charge in [-0.15, -0.1) is 0 Å². The molecule has 1 fully saturated rings. The van der Waals surface area contributed by atoms with Crippen molar-refractivity contribution in [2.24, 2.45) is 0 Å². The maximum absolute atomic E-state index is 13.6. The van der Waals surface area contributed by atoms with Gasteiger partial charge in [0.15, 0.2) is 11.5 Å². The van der Waals surface area contributed by atoms with Gasteiger partial charge in [0.25, 0.3) is 11.8 Å². The predicted octanol–water partition coefficient (Wildman–Crippen LogP) is 2.28. The number of aryl methyl sites for hydroxylation is 1. The van der Waals surface area contributed by atoms with Gasteiger partial charge in [0.2, 0.25) is 5.75 Å². The van der Waals surface area contributed by atoms with E-state index in [9.17, 15) is 9.59 Å². The first-order valence-electron chi connectivity index (χ1n) is 10.8. The average molecular weight is 444 g/mol. The van der Waals surface area contributed by atoms with Crippen LogP contribution in [0.25, 0.3) is 10.9 Å². The number of carbonyl (C=O) groups is 2. The van der Waals surface area contributed by atoms with E-state index in [-0.39, 0.29) is 11.8 Å². The minimum atomic E-state index is -0.327. The summed E-state index contributed by atoms with van der Waals surface area (Å²) in [6, 6.07) is 3.60. The summed E-state index contributed by atoms with van der Waals surface area (Å²) in [6.07, 6.45) is 2.55. The van der Waals surface area contributed by atoms with E-state index >= 15 is 0 Å². The summed E-state index contributed by atoms with van der Waals surface area (Å²) in [5.74, 6) is 0.864. The van der Waals surface area contributed by atoms with Gasteiger partial charge in [0, 0.05) is 31.6 Å². The molecule has 1 aromatic carbocycles. The minimum absolute atomic E-state index is 0.266. The first-order valence-corrected chi connectivity index (χ1v) is 10.8. The highest BCUT2D eigenvalue weighted by Gasteiger charge is 2.34. The number of aromatic nitrogens is 1. The molecule has 2 aliphatic heterocycles. The lowest BCUT2D eigenvalue weighted by Gasteiger charge is -2.35. The Morgan fingerprint density at radius 1 is 1.03 bits per heavy atom. The second-order valence-corrected chi connectivity index (χ2v) is 7.60. The van der Waals surface area contributed by atoms with E-state index in [2.05, 4.69) is 0 Å². The third kappa shape index (κ3) is 3.56. The summed E-state index contributed by atoms with van der Waals surface area (Å²) in [6.45, 7) is 5.25. The molecule has 0 aliphatic carbocycles. The number of hydrogen-bond acceptors (Lipinski definition) is 7. The molecule has 9 nitrogen and oxygen atoms in total. The summed E-state index contributed by atoms with van der Waals surface area (Å²) in [5.41, 5.74) is 1.73. The molecule has 0 bridgehead atoms. The number of morpholine rings is 1. The van der Waals surface area contributed by atoms with E-state index in [0.29, 0.717) is 74.5 Å². The van der Waals surface area contributed by atoms with Crippen LogP contribution in [0, 0.1) is 0 Å². The van der Waals surface area contributed by atoms with Crippen molar-refractivity contribution in [1.29, 1.82) is 0 Å². The standard InChI is InChI=1S/C23H29N3O6/c1-5-25-17(13-15-14-18(29-2)20(30-3)21(31-4)19(15)25)23(28)26-8-6-7-16(22(26)27)24-9-11-32-12-10-24/h7,13-14H,5-6,8-12H2,1-4H3. The number of ether oxygens (including phenoxy) is 4. The Morgan fingerprint density at radius 3 is 2.38 bits per heavy atom. The van der Waals surface area contributed by atoms with Crippen molar-refractivity contribution in [1.82, 2.24) is 14.4 Å². The van der Waals surface area contributed by atoms with Crippen LogP contribution in [0.3, 0.4) is 0 Å². The molecule has 0 N–H and O–H groups in total. The van der Waals surface area contributed by atoms with Gasteiger partial charge in [-0.25, -0.2) is 0 Å². The topological polar surface area (TPSA) is 82.5 Å². The van der Waals surface area contributed by atoms with Gasteiger partial charge in [-0.1, -0.05) is 6.08 Å². The molecule has 9 heteroatoms. The third-order valence-corrected chi connectivity index (χ3v) is 5.97. The van der Waals surface area contributed by atoms with E-state index in [1.807, 2.05) is 28.5 Å². The van der Waals surface area contributed by atoms with E-state index in [0.717, 1.165) is 10.9 Å². The number of fused-ring (bicyclic) bond motifs is 1. The van der Waals surface area contributed by atoms with Gasteiger partial charge in [0.1, 0.15) is 5.69 Å². The number of benzene rings is 1. The van der Waals surface area contributed by atoms with Crippen LogP contribution in [0.15, 0.2) is 23.9 Å². The van der Waals surface area contributed by atoms with Crippen molar-refractivity contribution < 1.29 is 28.5 Å². The van der Waals surface area contributed by atoms with Gasteiger partial charge in [-0.2, -0.15) is 0 Å². The molecule has 1 saturated heterocycles. The number of hydrogen-bond donors (Lipinski definition) is 0. The lowest BCUT2D eigenvalue weighted by atomic mass is 10.1. The molecule has 2 amide bonds. The fourth-order valence-corrected chi connectivity index (χ4v) is 4.46. The maximum atomic E-state index is 13.6. The van der Waals surface area contributed by atoms with Gasteiger partial charge < -0.3 is 28.4 Å². The van der Waals surface area contributed by atoms with Crippen molar-refractivity contribution in [3.8, 4) is 17.2 Å². The van der Waals surface area contributed by atoms with Crippen molar-refractivity contribution in [3.05, 3.63) is 29.6 Å². The van der Waals surface area contributed by atoms with E-state index in [1.165, 1.54) is 4.90 Å². The quantitative estimate of drug-likeness (QED) is 0.634. The molecule has 3 heterocycles. The summed E-state index contributed by atoms with van der Waals surface area (Å²) >= 11 is 0. The SMILES string of the molecule is CCn1c(C(=O)N2CCC=C(N3CCOCC3)C2=O)cc2cc(OC)c(OC)c(OC)c21. The Bertz CT molecular complexity index is 1070. The molecule has 0 radical (unpaired) electrons. The molecule has 2 aromatic rings. The molecule has 0 atom stereocenters. The van der Waals surface area contributed by atoms with Crippen molar-refractivity contribution in [3.63, 3.8) is 0 Å². The van der Waals surface area contributed by atoms with Crippen LogP contribution in [0.1, 0.15) is 23.8 Å². The van der Waals surface area contributed by atoms with Gasteiger partial charge in [0.05, 0.1) is 45.8 Å². The zero-order valence-corrected chi connectivity index (χ0v) is 19.0. The lowest BCUT2D eigenvalue weighted by molar-refractivity contribution is -0.127. The van der Waals surface area contributed by atoms with Crippen LogP contribution in [-0.4, -0.2) is 80.4 Å². The van der Waals surface area contributed by atoms with Crippen molar-refractivity contribution in [2.45, 2.75) is 19.9 Å². The van der Waals surface area contributed by atoms with Crippen molar-refractivity contribution >= 4 is 22.7 Å². The summed E-state index contributed by atoms with van der Waals surface area (Å²) in [7, 11) is 4.65. The van der Waals surface area contributed by atoms with Gasteiger partial charge in [-0.05, 0) is 25.5 Å². The fraction of sp³-hybridized carbons (Fsp3) is 0.478. The molecular formula is C23H29N3O6. The molecule has 0 saturated carbocycles.